The van der Waals surface area contributed by atoms with E-state index in [1.165, 1.54) is 5.56 Å². The minimum atomic E-state index is -0.233. The lowest BCUT2D eigenvalue weighted by Crippen LogP contribution is -2.31. The summed E-state index contributed by atoms with van der Waals surface area (Å²) < 4.78 is 5.51. The molecule has 1 atom stereocenters. The van der Waals surface area contributed by atoms with Gasteiger partial charge < -0.3 is 15.4 Å². The van der Waals surface area contributed by atoms with Crippen LogP contribution >= 0.6 is 0 Å². The first-order valence-corrected chi connectivity index (χ1v) is 9.06. The van der Waals surface area contributed by atoms with Crippen LogP contribution in [0.2, 0.25) is 0 Å². The van der Waals surface area contributed by atoms with Gasteiger partial charge in [-0.15, -0.1) is 0 Å². The number of carbonyl (C=O) groups excluding carboxylic acids is 2. The number of benzene rings is 2. The molecule has 0 radical (unpaired) electrons. The average molecular weight is 352 g/mol. The lowest BCUT2D eigenvalue weighted by Gasteiger charge is -2.11. The molecule has 2 N–H and O–H groups in total. The third-order valence-corrected chi connectivity index (χ3v) is 4.52. The Labute approximate surface area is 153 Å². The maximum absolute atomic E-state index is 12.4. The quantitative estimate of drug-likeness (QED) is 0.837. The highest BCUT2D eigenvalue weighted by Crippen LogP contribution is 2.14. The molecule has 1 saturated heterocycles. The molecule has 1 aliphatic rings. The van der Waals surface area contributed by atoms with Crippen LogP contribution in [0.3, 0.4) is 0 Å². The average Bonchev–Trinajstić information content (AvgIpc) is 3.20. The molecule has 2 aromatic rings. The van der Waals surface area contributed by atoms with Crippen LogP contribution in [-0.2, 0) is 11.2 Å². The molecule has 136 valence electrons. The largest absolute Gasteiger partial charge is 0.376 e. The first kappa shape index (κ1) is 18.1. The van der Waals surface area contributed by atoms with E-state index >= 15 is 0 Å². The Bertz CT molecular complexity index is 765. The van der Waals surface area contributed by atoms with Crippen molar-refractivity contribution < 1.29 is 14.3 Å². The number of carbonyl (C=O) groups is 2. The lowest BCUT2D eigenvalue weighted by atomic mass is 10.1. The maximum Gasteiger partial charge on any atom is 0.255 e. The van der Waals surface area contributed by atoms with Crippen LogP contribution in [0.4, 0.5) is 5.69 Å². The van der Waals surface area contributed by atoms with Gasteiger partial charge in [0, 0.05) is 30.0 Å². The van der Waals surface area contributed by atoms with Crippen LogP contribution in [0.15, 0.2) is 48.5 Å². The molecule has 0 aliphatic carbocycles. The fourth-order valence-corrected chi connectivity index (χ4v) is 2.94. The topological polar surface area (TPSA) is 67.4 Å². The summed E-state index contributed by atoms with van der Waals surface area (Å²) in [7, 11) is 0. The van der Waals surface area contributed by atoms with E-state index in [0.29, 0.717) is 17.7 Å². The molecule has 0 spiro atoms. The Kier molecular flexibility index (Phi) is 6.02. The van der Waals surface area contributed by atoms with E-state index in [-0.39, 0.29) is 17.9 Å². The van der Waals surface area contributed by atoms with E-state index in [2.05, 4.69) is 17.6 Å². The maximum atomic E-state index is 12.4. The first-order valence-electron chi connectivity index (χ1n) is 9.06. The Balaban J connectivity index is 1.61. The SMILES string of the molecule is CCc1ccc(NC(=O)c2cccc(C(=O)NCC3CCCO3)c2)cc1. The Morgan fingerprint density at radius 3 is 2.46 bits per heavy atom. The first-order chi connectivity index (χ1) is 12.7. The van der Waals surface area contributed by atoms with Crippen molar-refractivity contribution in [1.82, 2.24) is 5.32 Å². The van der Waals surface area contributed by atoms with Gasteiger partial charge in [0.05, 0.1) is 6.10 Å². The van der Waals surface area contributed by atoms with Gasteiger partial charge >= 0.3 is 0 Å². The molecule has 2 aromatic carbocycles. The van der Waals surface area contributed by atoms with Gasteiger partial charge in [0.1, 0.15) is 0 Å². The number of hydrogen-bond acceptors (Lipinski definition) is 3. The van der Waals surface area contributed by atoms with Gasteiger partial charge in [0.2, 0.25) is 0 Å². The molecule has 0 aromatic heterocycles. The molecule has 3 rings (SSSR count). The third-order valence-electron chi connectivity index (χ3n) is 4.52. The predicted molar refractivity (Wildman–Crippen MR) is 102 cm³/mol. The van der Waals surface area contributed by atoms with Crippen molar-refractivity contribution in [2.45, 2.75) is 32.3 Å². The molecule has 2 amide bonds. The number of ether oxygens (including phenoxy) is 1. The zero-order valence-corrected chi connectivity index (χ0v) is 15.0. The van der Waals surface area contributed by atoms with E-state index in [0.717, 1.165) is 31.6 Å². The van der Waals surface area contributed by atoms with E-state index < -0.39 is 0 Å². The highest BCUT2D eigenvalue weighted by Gasteiger charge is 2.17. The van der Waals surface area contributed by atoms with Crippen molar-refractivity contribution in [2.24, 2.45) is 0 Å². The van der Waals surface area contributed by atoms with Gasteiger partial charge in [0.15, 0.2) is 0 Å². The summed E-state index contributed by atoms with van der Waals surface area (Å²) in [5.41, 5.74) is 2.87. The summed E-state index contributed by atoms with van der Waals surface area (Å²) in [5.74, 6) is -0.425. The molecule has 5 nitrogen and oxygen atoms in total. The molecule has 1 fully saturated rings. The summed E-state index contributed by atoms with van der Waals surface area (Å²) in [6, 6.07) is 14.5. The van der Waals surface area contributed by atoms with Crippen LogP contribution in [0.1, 0.15) is 46.0 Å². The second kappa shape index (κ2) is 8.63. The normalized spacial score (nSPS) is 16.3. The fourth-order valence-electron chi connectivity index (χ4n) is 2.94. The van der Waals surface area contributed by atoms with Crippen LogP contribution in [-0.4, -0.2) is 31.1 Å². The van der Waals surface area contributed by atoms with Crippen LogP contribution < -0.4 is 10.6 Å². The minimum absolute atomic E-state index is 0.0940. The van der Waals surface area contributed by atoms with Gasteiger partial charge in [-0.05, 0) is 55.2 Å². The van der Waals surface area contributed by atoms with Crippen LogP contribution in [0.5, 0.6) is 0 Å². The van der Waals surface area contributed by atoms with Gasteiger partial charge in [-0.2, -0.15) is 0 Å². The molecule has 0 saturated carbocycles. The molecular formula is C21H24N2O3. The van der Waals surface area contributed by atoms with Crippen molar-refractivity contribution in [1.29, 1.82) is 0 Å². The van der Waals surface area contributed by atoms with E-state index in [1.54, 1.807) is 24.3 Å². The zero-order valence-electron chi connectivity index (χ0n) is 15.0. The Morgan fingerprint density at radius 2 is 1.81 bits per heavy atom. The molecular weight excluding hydrogens is 328 g/mol. The highest BCUT2D eigenvalue weighted by molar-refractivity contribution is 6.06. The number of anilines is 1. The second-order valence-corrected chi connectivity index (χ2v) is 6.43. The van der Waals surface area contributed by atoms with Gasteiger partial charge in [0.25, 0.3) is 11.8 Å². The fraction of sp³-hybridized carbons (Fsp3) is 0.333. The lowest BCUT2D eigenvalue weighted by molar-refractivity contribution is 0.0858. The van der Waals surface area contributed by atoms with E-state index in [1.807, 2.05) is 24.3 Å². The smallest absolute Gasteiger partial charge is 0.255 e. The molecule has 1 heterocycles. The summed E-state index contributed by atoms with van der Waals surface area (Å²) in [4.78, 5) is 24.8. The number of hydrogen-bond donors (Lipinski definition) is 2. The highest BCUT2D eigenvalue weighted by atomic mass is 16.5. The zero-order chi connectivity index (χ0) is 18.4. The summed E-state index contributed by atoms with van der Waals surface area (Å²) in [6.07, 6.45) is 3.06. The summed E-state index contributed by atoms with van der Waals surface area (Å²) in [6.45, 7) is 3.34. The molecule has 26 heavy (non-hydrogen) atoms. The van der Waals surface area contributed by atoms with Gasteiger partial charge in [-0.1, -0.05) is 25.1 Å². The molecule has 5 heteroatoms. The van der Waals surface area contributed by atoms with Crippen molar-refractivity contribution in [3.05, 3.63) is 65.2 Å². The minimum Gasteiger partial charge on any atom is -0.376 e. The van der Waals surface area contributed by atoms with Gasteiger partial charge in [-0.3, -0.25) is 9.59 Å². The van der Waals surface area contributed by atoms with Crippen molar-refractivity contribution in [2.75, 3.05) is 18.5 Å². The van der Waals surface area contributed by atoms with E-state index in [9.17, 15) is 9.59 Å². The van der Waals surface area contributed by atoms with Gasteiger partial charge in [-0.25, -0.2) is 0 Å². The standard InChI is InChI=1S/C21H24N2O3/c1-2-15-8-10-18(11-9-15)23-21(25)17-6-3-5-16(13-17)20(24)22-14-19-7-4-12-26-19/h3,5-6,8-11,13,19H,2,4,7,12,14H2,1H3,(H,22,24)(H,23,25). The number of rotatable bonds is 6. The third kappa shape index (κ3) is 4.70. The summed E-state index contributed by atoms with van der Waals surface area (Å²) >= 11 is 0. The van der Waals surface area contributed by atoms with Crippen molar-refractivity contribution in [3.8, 4) is 0 Å². The van der Waals surface area contributed by atoms with Crippen molar-refractivity contribution >= 4 is 17.5 Å². The van der Waals surface area contributed by atoms with E-state index in [4.69, 9.17) is 4.74 Å². The predicted octanol–water partition coefficient (Wildman–Crippen LogP) is 3.41. The monoisotopic (exact) mass is 352 g/mol. The van der Waals surface area contributed by atoms with Crippen molar-refractivity contribution in [3.63, 3.8) is 0 Å². The number of nitrogens with one attached hydrogen (secondary N) is 2. The summed E-state index contributed by atoms with van der Waals surface area (Å²) in [5, 5.41) is 5.74. The molecule has 1 aliphatic heterocycles. The Morgan fingerprint density at radius 1 is 1.08 bits per heavy atom. The number of amides is 2. The van der Waals surface area contributed by atoms with Crippen LogP contribution in [0.25, 0.3) is 0 Å². The number of aryl methyl sites for hydroxylation is 1. The molecule has 0 bridgehead atoms. The molecule has 1 unspecified atom stereocenters. The van der Waals surface area contributed by atoms with Crippen LogP contribution in [0, 0.1) is 0 Å². The second-order valence-electron chi connectivity index (χ2n) is 6.43. The Hall–Kier alpha value is -2.66.